The zero-order chi connectivity index (χ0) is 12.7. The summed E-state index contributed by atoms with van der Waals surface area (Å²) in [5.41, 5.74) is 0. The fourth-order valence-electron chi connectivity index (χ4n) is 1.01. The van der Waals surface area contributed by atoms with Gasteiger partial charge in [-0.1, -0.05) is 23.5 Å². The Labute approximate surface area is 109 Å². The van der Waals surface area contributed by atoms with Gasteiger partial charge in [0.2, 0.25) is 5.89 Å². The van der Waals surface area contributed by atoms with Crippen molar-refractivity contribution in [3.05, 3.63) is 11.7 Å². The molecule has 0 amide bonds. The molecule has 8 heteroatoms. The third-order valence-corrected chi connectivity index (χ3v) is 9.19. The van der Waals surface area contributed by atoms with Crippen LogP contribution in [0.3, 0.4) is 0 Å². The fourth-order valence-corrected chi connectivity index (χ4v) is 7.48. The lowest BCUT2D eigenvalue weighted by molar-refractivity contribution is 0.357. The van der Waals surface area contributed by atoms with Crippen molar-refractivity contribution in [3.8, 4) is 0 Å². The maximum atomic E-state index is 12.4. The van der Waals surface area contributed by atoms with Crippen LogP contribution in [0.2, 0.25) is 0 Å². The van der Waals surface area contributed by atoms with Crippen LogP contribution in [0.5, 0.6) is 0 Å². The predicted octanol–water partition coefficient (Wildman–Crippen LogP) is 3.90. The summed E-state index contributed by atoms with van der Waals surface area (Å²) in [6.07, 6.45) is 0.974. The van der Waals surface area contributed by atoms with Crippen LogP contribution in [0.25, 0.3) is 0 Å². The first-order valence-electron chi connectivity index (χ1n) is 5.42. The average Bonchev–Trinajstić information content (AvgIpc) is 2.71. The molecule has 0 bridgehead atoms. The fraction of sp³-hybridized carbons (Fsp3) is 0.778. The summed E-state index contributed by atoms with van der Waals surface area (Å²) in [6, 6.07) is 0. The monoisotopic (exact) mass is 296 g/mol. The lowest BCUT2D eigenvalue weighted by atomic mass is 10.6. The predicted molar refractivity (Wildman–Crippen MR) is 72.3 cm³/mol. The molecule has 0 aliphatic heterocycles. The number of aryl methyl sites for hydroxylation is 1. The van der Waals surface area contributed by atoms with Gasteiger partial charge in [-0.25, -0.2) is 0 Å². The number of nitrogens with zero attached hydrogens (tertiary/aromatic N) is 2. The standard InChI is InChI=1S/C9H17N2O3PS2/c1-4-6-16-15(12,13-5-2)17-7-9-10-8(3)11-14-9/h4-7H2,1-3H3. The summed E-state index contributed by atoms with van der Waals surface area (Å²) < 4.78 is 22.7. The Balaban J connectivity index is 2.51. The molecule has 17 heavy (non-hydrogen) atoms. The molecule has 0 N–H and O–H groups in total. The molecule has 0 saturated heterocycles. The van der Waals surface area contributed by atoms with Crippen molar-refractivity contribution in [2.24, 2.45) is 0 Å². The number of hydrogen-bond donors (Lipinski definition) is 0. The zero-order valence-corrected chi connectivity index (χ0v) is 12.7. The normalized spacial score (nSPS) is 14.8. The maximum absolute atomic E-state index is 12.4. The van der Waals surface area contributed by atoms with E-state index in [1.165, 1.54) is 22.8 Å². The van der Waals surface area contributed by atoms with E-state index >= 15 is 0 Å². The van der Waals surface area contributed by atoms with E-state index in [4.69, 9.17) is 9.05 Å². The Morgan fingerprint density at radius 2 is 2.18 bits per heavy atom. The third kappa shape index (κ3) is 5.46. The third-order valence-electron chi connectivity index (χ3n) is 1.66. The highest BCUT2D eigenvalue weighted by atomic mass is 33.1. The molecule has 1 heterocycles. The van der Waals surface area contributed by atoms with Crippen molar-refractivity contribution in [2.45, 2.75) is 32.9 Å². The molecule has 0 aliphatic carbocycles. The van der Waals surface area contributed by atoms with Crippen molar-refractivity contribution >= 4 is 28.5 Å². The van der Waals surface area contributed by atoms with Crippen LogP contribution in [0, 0.1) is 6.92 Å². The molecule has 0 saturated carbocycles. The van der Waals surface area contributed by atoms with E-state index in [0.717, 1.165) is 12.2 Å². The molecule has 1 aromatic heterocycles. The lowest BCUT2D eigenvalue weighted by Crippen LogP contribution is -1.87. The second-order valence-corrected chi connectivity index (χ2v) is 10.7. The minimum absolute atomic E-state index is 0.425. The molecule has 0 radical (unpaired) electrons. The first-order chi connectivity index (χ1) is 8.09. The average molecular weight is 296 g/mol. The topological polar surface area (TPSA) is 65.2 Å². The van der Waals surface area contributed by atoms with Gasteiger partial charge >= 0.3 is 5.77 Å². The summed E-state index contributed by atoms with van der Waals surface area (Å²) in [5, 5.41) is 3.69. The minimum Gasteiger partial charge on any atom is -0.338 e. The van der Waals surface area contributed by atoms with Crippen LogP contribution in [0.4, 0.5) is 0 Å². The van der Waals surface area contributed by atoms with E-state index in [2.05, 4.69) is 17.1 Å². The number of aromatic nitrogens is 2. The second-order valence-electron chi connectivity index (χ2n) is 3.21. The molecular weight excluding hydrogens is 279 g/mol. The Kier molecular flexibility index (Phi) is 6.62. The van der Waals surface area contributed by atoms with Crippen LogP contribution in [0.15, 0.2) is 4.52 Å². The molecule has 1 unspecified atom stereocenters. The van der Waals surface area contributed by atoms with E-state index in [9.17, 15) is 4.57 Å². The smallest absolute Gasteiger partial charge is 0.313 e. The quantitative estimate of drug-likeness (QED) is 0.674. The van der Waals surface area contributed by atoms with Crippen molar-refractivity contribution in [1.82, 2.24) is 10.1 Å². The van der Waals surface area contributed by atoms with Gasteiger partial charge < -0.3 is 9.05 Å². The molecule has 0 fully saturated rings. The van der Waals surface area contributed by atoms with Crippen molar-refractivity contribution < 1.29 is 13.6 Å². The highest BCUT2D eigenvalue weighted by molar-refractivity contribution is 8.89. The second kappa shape index (κ2) is 7.46. The van der Waals surface area contributed by atoms with Crippen LogP contribution in [-0.4, -0.2) is 22.5 Å². The van der Waals surface area contributed by atoms with E-state index in [1.807, 2.05) is 6.92 Å². The highest BCUT2D eigenvalue weighted by Crippen LogP contribution is 2.70. The van der Waals surface area contributed by atoms with Gasteiger partial charge in [-0.2, -0.15) is 4.98 Å². The van der Waals surface area contributed by atoms with Gasteiger partial charge in [-0.05, 0) is 31.7 Å². The Bertz CT molecular complexity index is 386. The summed E-state index contributed by atoms with van der Waals surface area (Å²) in [6.45, 7) is 6.10. The first-order valence-corrected chi connectivity index (χ1v) is 10.2. The number of hydrogen-bond acceptors (Lipinski definition) is 7. The molecule has 0 aliphatic rings. The number of rotatable bonds is 8. The van der Waals surface area contributed by atoms with E-state index in [-0.39, 0.29) is 0 Å². The largest absolute Gasteiger partial charge is 0.338 e. The van der Waals surface area contributed by atoms with Crippen LogP contribution < -0.4 is 0 Å². The summed E-state index contributed by atoms with van der Waals surface area (Å²) in [5.74, 6) is -0.353. The van der Waals surface area contributed by atoms with Gasteiger partial charge in [0.1, 0.15) is 0 Å². The van der Waals surface area contributed by atoms with Crippen LogP contribution in [0.1, 0.15) is 32.0 Å². The molecule has 98 valence electrons. The van der Waals surface area contributed by atoms with Crippen LogP contribution in [-0.2, 0) is 14.8 Å². The minimum atomic E-state index is -2.69. The van der Waals surface area contributed by atoms with Gasteiger partial charge in [0.15, 0.2) is 5.82 Å². The summed E-state index contributed by atoms with van der Waals surface area (Å²) >= 11 is 2.64. The summed E-state index contributed by atoms with van der Waals surface area (Å²) in [4.78, 5) is 4.07. The van der Waals surface area contributed by atoms with E-state index < -0.39 is 5.77 Å². The van der Waals surface area contributed by atoms with Crippen molar-refractivity contribution in [2.75, 3.05) is 12.4 Å². The molecule has 5 nitrogen and oxygen atoms in total. The molecule has 1 rings (SSSR count). The Morgan fingerprint density at radius 3 is 2.71 bits per heavy atom. The lowest BCUT2D eigenvalue weighted by Gasteiger charge is -2.14. The van der Waals surface area contributed by atoms with Gasteiger partial charge in [0, 0.05) is 5.75 Å². The van der Waals surface area contributed by atoms with Gasteiger partial charge in [-0.3, -0.25) is 4.57 Å². The SMILES string of the molecule is CCCSP(=O)(OCC)SCc1nc(C)no1. The molecule has 1 aromatic rings. The Hall–Kier alpha value is 0.0300. The van der Waals surface area contributed by atoms with Gasteiger partial charge in [-0.15, -0.1) is 0 Å². The highest BCUT2D eigenvalue weighted by Gasteiger charge is 2.25. The maximum Gasteiger partial charge on any atom is 0.313 e. The van der Waals surface area contributed by atoms with Gasteiger partial charge in [0.05, 0.1) is 12.4 Å². The molecular formula is C9H17N2O3PS2. The molecule has 0 spiro atoms. The van der Waals surface area contributed by atoms with Crippen molar-refractivity contribution in [3.63, 3.8) is 0 Å². The molecule has 1 atom stereocenters. The molecule has 0 aromatic carbocycles. The van der Waals surface area contributed by atoms with Crippen molar-refractivity contribution in [1.29, 1.82) is 0 Å². The van der Waals surface area contributed by atoms with Crippen LogP contribution >= 0.6 is 28.5 Å². The first kappa shape index (κ1) is 15.1. The zero-order valence-electron chi connectivity index (χ0n) is 10.2. The van der Waals surface area contributed by atoms with E-state index in [0.29, 0.717) is 24.1 Å². The van der Waals surface area contributed by atoms with E-state index in [1.54, 1.807) is 6.92 Å². The Morgan fingerprint density at radius 1 is 1.41 bits per heavy atom. The summed E-state index contributed by atoms with van der Waals surface area (Å²) in [7, 11) is 0. The van der Waals surface area contributed by atoms with Gasteiger partial charge in [0.25, 0.3) is 0 Å².